The SMILES string of the molecule is CS(=O)(=O)N(CC(=O)N/N=C\c1ccccc1C(F)(F)F)c1ccc(I)cc1. The van der Waals surface area contributed by atoms with Gasteiger partial charge in [-0.25, -0.2) is 13.8 Å². The van der Waals surface area contributed by atoms with Gasteiger partial charge in [-0.05, 0) is 52.9 Å². The predicted octanol–water partition coefficient (Wildman–Crippen LogP) is 3.23. The van der Waals surface area contributed by atoms with Crippen molar-refractivity contribution >= 4 is 50.4 Å². The molecule has 0 aliphatic heterocycles. The fraction of sp³-hybridized carbons (Fsp3) is 0.176. The molecule has 1 amide bonds. The quantitative estimate of drug-likeness (QED) is 0.358. The fourth-order valence-electron chi connectivity index (χ4n) is 2.21. The Balaban J connectivity index is 2.12. The number of hydrazone groups is 1. The third-order valence-electron chi connectivity index (χ3n) is 3.46. The number of carbonyl (C=O) groups excluding carboxylic acids is 1. The molecule has 11 heteroatoms. The lowest BCUT2D eigenvalue weighted by atomic mass is 10.1. The van der Waals surface area contributed by atoms with Crippen molar-refractivity contribution in [2.75, 3.05) is 17.1 Å². The Morgan fingerprint density at radius 3 is 2.36 bits per heavy atom. The number of alkyl halides is 3. The van der Waals surface area contributed by atoms with E-state index in [0.717, 1.165) is 26.4 Å². The van der Waals surface area contributed by atoms with Crippen molar-refractivity contribution in [2.45, 2.75) is 6.18 Å². The molecular weight excluding hydrogens is 510 g/mol. The summed E-state index contributed by atoms with van der Waals surface area (Å²) in [6.45, 7) is -0.572. The van der Waals surface area contributed by atoms with Gasteiger partial charge in [-0.1, -0.05) is 18.2 Å². The van der Waals surface area contributed by atoms with Crippen LogP contribution in [0, 0.1) is 3.57 Å². The summed E-state index contributed by atoms with van der Waals surface area (Å²) in [5, 5.41) is 3.51. The molecule has 28 heavy (non-hydrogen) atoms. The van der Waals surface area contributed by atoms with Gasteiger partial charge in [-0.2, -0.15) is 18.3 Å². The molecule has 0 spiro atoms. The first-order valence-corrected chi connectivity index (χ1v) is 10.6. The summed E-state index contributed by atoms with van der Waals surface area (Å²) in [4.78, 5) is 12.1. The van der Waals surface area contributed by atoms with Gasteiger partial charge in [0.15, 0.2) is 0 Å². The Labute approximate surface area is 173 Å². The zero-order valence-corrected chi connectivity index (χ0v) is 17.4. The third kappa shape index (κ3) is 6.19. The number of sulfonamides is 1. The summed E-state index contributed by atoms with van der Waals surface area (Å²) in [6, 6.07) is 11.2. The van der Waals surface area contributed by atoms with Crippen molar-refractivity contribution in [1.29, 1.82) is 0 Å². The molecule has 2 rings (SSSR count). The summed E-state index contributed by atoms with van der Waals surface area (Å²) >= 11 is 2.05. The molecule has 0 aliphatic carbocycles. The maximum absolute atomic E-state index is 12.9. The van der Waals surface area contributed by atoms with E-state index in [9.17, 15) is 26.4 Å². The van der Waals surface area contributed by atoms with Crippen LogP contribution in [0.4, 0.5) is 18.9 Å². The van der Waals surface area contributed by atoms with Crippen molar-refractivity contribution in [3.63, 3.8) is 0 Å². The van der Waals surface area contributed by atoms with E-state index in [1.165, 1.54) is 18.2 Å². The predicted molar refractivity (Wildman–Crippen MR) is 109 cm³/mol. The van der Waals surface area contributed by atoms with Crippen LogP contribution >= 0.6 is 22.6 Å². The molecule has 2 aromatic rings. The second kappa shape index (κ2) is 8.90. The largest absolute Gasteiger partial charge is 0.417 e. The zero-order valence-electron chi connectivity index (χ0n) is 14.4. The van der Waals surface area contributed by atoms with E-state index < -0.39 is 34.2 Å². The summed E-state index contributed by atoms with van der Waals surface area (Å²) in [6.07, 6.45) is -2.76. The van der Waals surface area contributed by atoms with E-state index in [-0.39, 0.29) is 11.3 Å². The summed E-state index contributed by atoms with van der Waals surface area (Å²) in [5.41, 5.74) is 1.20. The molecule has 1 N–H and O–H groups in total. The first-order valence-electron chi connectivity index (χ1n) is 7.70. The zero-order chi connectivity index (χ0) is 20.9. The number of benzene rings is 2. The first kappa shape index (κ1) is 22.1. The summed E-state index contributed by atoms with van der Waals surface area (Å²) < 4.78 is 64.5. The highest BCUT2D eigenvalue weighted by molar-refractivity contribution is 14.1. The van der Waals surface area contributed by atoms with Crippen molar-refractivity contribution in [3.05, 3.63) is 63.2 Å². The highest BCUT2D eigenvalue weighted by Crippen LogP contribution is 2.31. The highest BCUT2D eigenvalue weighted by Gasteiger charge is 2.32. The topological polar surface area (TPSA) is 78.8 Å². The van der Waals surface area contributed by atoms with Crippen molar-refractivity contribution in [2.24, 2.45) is 5.10 Å². The number of anilines is 1. The van der Waals surface area contributed by atoms with E-state index in [1.54, 1.807) is 24.3 Å². The molecular formula is C17H15F3IN3O3S. The average Bonchev–Trinajstić information content (AvgIpc) is 2.59. The van der Waals surface area contributed by atoms with Crippen LogP contribution in [0.15, 0.2) is 53.6 Å². The van der Waals surface area contributed by atoms with Crippen LogP contribution in [0.2, 0.25) is 0 Å². The van der Waals surface area contributed by atoms with E-state index in [1.807, 2.05) is 5.43 Å². The molecule has 0 bridgehead atoms. The Morgan fingerprint density at radius 2 is 1.79 bits per heavy atom. The van der Waals surface area contributed by atoms with Gasteiger partial charge in [0.05, 0.1) is 23.7 Å². The molecule has 0 aliphatic rings. The monoisotopic (exact) mass is 525 g/mol. The standard InChI is InChI=1S/C17H15F3IN3O3S/c1-28(26,27)24(14-8-6-13(21)7-9-14)11-16(25)23-22-10-12-4-2-3-5-15(12)17(18,19)20/h2-10H,11H2,1H3,(H,23,25)/b22-10-. The van der Waals surface area contributed by atoms with Gasteiger partial charge in [0.1, 0.15) is 6.54 Å². The van der Waals surface area contributed by atoms with Crippen molar-refractivity contribution in [1.82, 2.24) is 5.43 Å². The maximum Gasteiger partial charge on any atom is 0.417 e. The lowest BCUT2D eigenvalue weighted by molar-refractivity contribution is -0.137. The first-order chi connectivity index (χ1) is 13.0. The van der Waals surface area contributed by atoms with Crippen LogP contribution in [0.3, 0.4) is 0 Å². The molecule has 0 aromatic heterocycles. The summed E-state index contributed by atoms with van der Waals surface area (Å²) in [7, 11) is -3.76. The Hall–Kier alpha value is -2.15. The number of hydrogen-bond donors (Lipinski definition) is 1. The van der Waals surface area contributed by atoms with Gasteiger partial charge in [-0.3, -0.25) is 9.10 Å². The molecule has 2 aromatic carbocycles. The average molecular weight is 525 g/mol. The number of amides is 1. The smallest absolute Gasteiger partial charge is 0.271 e. The molecule has 150 valence electrons. The lowest BCUT2D eigenvalue weighted by Gasteiger charge is -2.21. The number of rotatable bonds is 6. The maximum atomic E-state index is 12.9. The van der Waals surface area contributed by atoms with Crippen LogP contribution < -0.4 is 9.73 Å². The minimum atomic E-state index is -4.56. The molecule has 0 heterocycles. The number of hydrogen-bond acceptors (Lipinski definition) is 4. The van der Waals surface area contributed by atoms with Crippen LogP contribution in [0.25, 0.3) is 0 Å². The molecule has 6 nitrogen and oxygen atoms in total. The van der Waals surface area contributed by atoms with Crippen molar-refractivity contribution < 1.29 is 26.4 Å². The van der Waals surface area contributed by atoms with Crippen LogP contribution in [0.1, 0.15) is 11.1 Å². The van der Waals surface area contributed by atoms with Gasteiger partial charge >= 0.3 is 6.18 Å². The van der Waals surface area contributed by atoms with Gasteiger partial charge in [0.2, 0.25) is 10.0 Å². The number of nitrogens with zero attached hydrogens (tertiary/aromatic N) is 2. The Morgan fingerprint density at radius 1 is 1.18 bits per heavy atom. The van der Waals surface area contributed by atoms with E-state index in [2.05, 4.69) is 27.7 Å². The van der Waals surface area contributed by atoms with E-state index in [4.69, 9.17) is 0 Å². The Kier molecular flexibility index (Phi) is 7.04. The molecule has 0 fully saturated rings. The highest BCUT2D eigenvalue weighted by atomic mass is 127. The van der Waals surface area contributed by atoms with Gasteiger partial charge < -0.3 is 0 Å². The molecule has 0 unspecified atom stereocenters. The normalized spacial score (nSPS) is 12.2. The van der Waals surface area contributed by atoms with Gasteiger partial charge in [0.25, 0.3) is 5.91 Å². The van der Waals surface area contributed by atoms with Crippen LogP contribution in [-0.2, 0) is 21.0 Å². The fourth-order valence-corrected chi connectivity index (χ4v) is 3.43. The molecule has 0 radical (unpaired) electrons. The number of nitrogens with one attached hydrogen (secondary N) is 1. The van der Waals surface area contributed by atoms with Crippen LogP contribution in [0.5, 0.6) is 0 Å². The van der Waals surface area contributed by atoms with Crippen LogP contribution in [-0.4, -0.2) is 33.3 Å². The van der Waals surface area contributed by atoms with Crippen molar-refractivity contribution in [3.8, 4) is 0 Å². The lowest BCUT2D eigenvalue weighted by Crippen LogP contribution is -2.39. The number of halogens is 4. The Bertz CT molecular complexity index is 977. The minimum absolute atomic E-state index is 0.229. The molecule has 0 atom stereocenters. The second-order valence-electron chi connectivity index (χ2n) is 5.62. The van der Waals surface area contributed by atoms with E-state index >= 15 is 0 Å². The third-order valence-corrected chi connectivity index (χ3v) is 5.32. The minimum Gasteiger partial charge on any atom is -0.271 e. The van der Waals surface area contributed by atoms with E-state index in [0.29, 0.717) is 0 Å². The summed E-state index contributed by atoms with van der Waals surface area (Å²) in [5.74, 6) is -0.801. The second-order valence-corrected chi connectivity index (χ2v) is 8.78. The van der Waals surface area contributed by atoms with Gasteiger partial charge in [-0.15, -0.1) is 0 Å². The number of carbonyl (C=O) groups is 1. The molecule has 0 saturated heterocycles. The molecule has 0 saturated carbocycles. The van der Waals surface area contributed by atoms with Gasteiger partial charge in [0, 0.05) is 9.13 Å².